The van der Waals surface area contributed by atoms with E-state index in [1.54, 1.807) is 12.0 Å². The molecule has 0 radical (unpaired) electrons. The van der Waals surface area contributed by atoms with Crippen molar-refractivity contribution in [1.82, 2.24) is 5.32 Å². The Hall–Kier alpha value is -2.08. The van der Waals surface area contributed by atoms with E-state index in [1.807, 2.05) is 25.1 Å². The van der Waals surface area contributed by atoms with Crippen molar-refractivity contribution in [3.63, 3.8) is 0 Å². The minimum Gasteiger partial charge on any atom is -0.495 e. The second kappa shape index (κ2) is 7.74. The number of carbonyl (C=O) groups excluding carboxylic acids is 2. The number of ether oxygens (including phenoxy) is 1. The summed E-state index contributed by atoms with van der Waals surface area (Å²) in [7, 11) is 1.60. The smallest absolute Gasteiger partial charge is 0.227 e. The van der Waals surface area contributed by atoms with Crippen molar-refractivity contribution in [2.75, 3.05) is 18.6 Å². The molecule has 0 aromatic heterocycles. The summed E-state index contributed by atoms with van der Waals surface area (Å²) in [5, 5.41) is 3.31. The number of aryl methyl sites for hydroxylation is 1. The number of hydrogen-bond donors (Lipinski definition) is 2. The molecule has 1 saturated heterocycles. The van der Waals surface area contributed by atoms with Gasteiger partial charge in [-0.15, -0.1) is 0 Å². The third-order valence-corrected chi connectivity index (χ3v) is 6.81. The highest BCUT2D eigenvalue weighted by Crippen LogP contribution is 2.40. The predicted octanol–water partition coefficient (Wildman–Crippen LogP) is 2.38. The van der Waals surface area contributed by atoms with Gasteiger partial charge in [0.25, 0.3) is 0 Å². The molecule has 3 aliphatic rings. The van der Waals surface area contributed by atoms with Crippen LogP contribution in [0.3, 0.4) is 0 Å². The summed E-state index contributed by atoms with van der Waals surface area (Å²) in [4.78, 5) is 27.4. The molecule has 3 unspecified atom stereocenters. The molecule has 152 valence electrons. The van der Waals surface area contributed by atoms with Crippen molar-refractivity contribution in [2.45, 2.75) is 57.5 Å². The van der Waals surface area contributed by atoms with Crippen LogP contribution in [0, 0.1) is 24.7 Å². The Bertz CT molecular complexity index is 751. The molecule has 2 aliphatic carbocycles. The Morgan fingerprint density at radius 3 is 2.64 bits per heavy atom. The molecule has 6 nitrogen and oxygen atoms in total. The van der Waals surface area contributed by atoms with Crippen molar-refractivity contribution < 1.29 is 14.3 Å². The first-order chi connectivity index (χ1) is 13.5. The lowest BCUT2D eigenvalue weighted by atomic mass is 9.67. The number of anilines is 1. The first kappa shape index (κ1) is 19.2. The maximum absolute atomic E-state index is 13.0. The summed E-state index contributed by atoms with van der Waals surface area (Å²) >= 11 is 0. The molecule has 2 amide bonds. The van der Waals surface area contributed by atoms with Crippen molar-refractivity contribution in [3.8, 4) is 5.75 Å². The first-order valence-corrected chi connectivity index (χ1v) is 10.5. The van der Waals surface area contributed by atoms with E-state index < -0.39 is 0 Å². The van der Waals surface area contributed by atoms with E-state index in [2.05, 4.69) is 5.32 Å². The van der Waals surface area contributed by atoms with Crippen LogP contribution in [-0.4, -0.2) is 37.6 Å². The minimum atomic E-state index is -0.311. The van der Waals surface area contributed by atoms with Gasteiger partial charge in [0.05, 0.1) is 18.7 Å². The van der Waals surface area contributed by atoms with Crippen LogP contribution in [-0.2, 0) is 9.59 Å². The van der Waals surface area contributed by atoms with Gasteiger partial charge in [0.2, 0.25) is 11.8 Å². The summed E-state index contributed by atoms with van der Waals surface area (Å²) in [6, 6.07) is 6.26. The van der Waals surface area contributed by atoms with Gasteiger partial charge in [-0.25, -0.2) is 0 Å². The highest BCUT2D eigenvalue weighted by atomic mass is 16.5. The Kier molecular flexibility index (Phi) is 5.32. The molecule has 3 fully saturated rings. The van der Waals surface area contributed by atoms with E-state index in [-0.39, 0.29) is 36.2 Å². The van der Waals surface area contributed by atoms with Crippen LogP contribution in [0.5, 0.6) is 5.75 Å². The van der Waals surface area contributed by atoms with Crippen molar-refractivity contribution in [3.05, 3.63) is 23.8 Å². The number of hydrogen-bond acceptors (Lipinski definition) is 4. The first-order valence-electron chi connectivity index (χ1n) is 10.5. The van der Waals surface area contributed by atoms with Gasteiger partial charge in [-0.1, -0.05) is 12.5 Å². The molecule has 0 spiro atoms. The number of nitrogens with one attached hydrogen (secondary N) is 1. The average molecular weight is 386 g/mol. The summed E-state index contributed by atoms with van der Waals surface area (Å²) in [5.74, 6) is 1.31. The average Bonchev–Trinajstić information content (AvgIpc) is 3.04. The van der Waals surface area contributed by atoms with Gasteiger partial charge in [-0.2, -0.15) is 0 Å². The van der Waals surface area contributed by atoms with E-state index in [4.69, 9.17) is 10.5 Å². The maximum atomic E-state index is 13.0. The van der Waals surface area contributed by atoms with Gasteiger partial charge in [0, 0.05) is 25.0 Å². The number of amides is 2. The third-order valence-electron chi connectivity index (χ3n) is 6.81. The number of fused-ring (bicyclic) bond motifs is 2. The number of rotatable bonds is 4. The maximum Gasteiger partial charge on any atom is 0.227 e. The van der Waals surface area contributed by atoms with Gasteiger partial charge in [0.15, 0.2) is 0 Å². The second-order valence-corrected chi connectivity index (χ2v) is 8.80. The zero-order valence-electron chi connectivity index (χ0n) is 16.8. The quantitative estimate of drug-likeness (QED) is 0.833. The van der Waals surface area contributed by atoms with E-state index in [1.165, 1.54) is 6.42 Å². The third kappa shape index (κ3) is 3.62. The van der Waals surface area contributed by atoms with Crippen LogP contribution in [0.25, 0.3) is 0 Å². The second-order valence-electron chi connectivity index (χ2n) is 8.80. The zero-order valence-corrected chi connectivity index (χ0v) is 16.8. The molecule has 1 heterocycles. The molecular weight excluding hydrogens is 354 g/mol. The van der Waals surface area contributed by atoms with Crippen LogP contribution < -0.4 is 20.7 Å². The molecule has 2 saturated carbocycles. The molecular formula is C22H31N3O3. The van der Waals surface area contributed by atoms with E-state index in [9.17, 15) is 9.59 Å². The lowest BCUT2D eigenvalue weighted by molar-refractivity contribution is -0.128. The molecule has 3 N–H and O–H groups in total. The number of benzene rings is 1. The number of nitrogens with two attached hydrogens (primary N) is 1. The zero-order chi connectivity index (χ0) is 19.8. The van der Waals surface area contributed by atoms with E-state index in [0.717, 1.165) is 36.9 Å². The summed E-state index contributed by atoms with van der Waals surface area (Å²) in [5.41, 5.74) is 8.02. The standard InChI is InChI=1S/C22H31N3O3/c1-13-6-7-19(28-2)18(8-13)25-12-16(11-20(25)26)22(27)24-21-14-4-3-5-15(21)10-17(23)9-14/h6-8,14-17,21H,3-5,9-12,23H2,1-2H3,(H,24,27). The van der Waals surface area contributed by atoms with Crippen molar-refractivity contribution in [1.29, 1.82) is 0 Å². The monoisotopic (exact) mass is 385 g/mol. The Balaban J connectivity index is 1.46. The van der Waals surface area contributed by atoms with Crippen LogP contribution in [0.4, 0.5) is 5.69 Å². The topological polar surface area (TPSA) is 84.7 Å². The van der Waals surface area contributed by atoms with Gasteiger partial charge in [0.1, 0.15) is 5.75 Å². The summed E-state index contributed by atoms with van der Waals surface area (Å²) < 4.78 is 5.43. The highest BCUT2D eigenvalue weighted by Gasteiger charge is 2.42. The van der Waals surface area contributed by atoms with Crippen LogP contribution in [0.15, 0.2) is 18.2 Å². The van der Waals surface area contributed by atoms with E-state index in [0.29, 0.717) is 24.1 Å². The highest BCUT2D eigenvalue weighted by molar-refractivity contribution is 6.01. The normalized spacial score (nSPS) is 32.3. The molecule has 2 bridgehead atoms. The SMILES string of the molecule is COc1ccc(C)cc1N1CC(C(=O)NC2C3CCCC2CC(N)C3)CC1=O. The number of nitrogens with zero attached hydrogens (tertiary/aromatic N) is 1. The fourth-order valence-corrected chi connectivity index (χ4v) is 5.43. The van der Waals surface area contributed by atoms with Crippen molar-refractivity contribution in [2.24, 2.45) is 23.5 Å². The molecule has 4 rings (SSSR count). The number of carbonyl (C=O) groups is 2. The van der Waals surface area contributed by atoms with Gasteiger partial charge < -0.3 is 20.7 Å². The Morgan fingerprint density at radius 2 is 1.96 bits per heavy atom. The fourth-order valence-electron chi connectivity index (χ4n) is 5.43. The number of methoxy groups -OCH3 is 1. The van der Waals surface area contributed by atoms with Crippen LogP contribution in [0.2, 0.25) is 0 Å². The molecule has 1 aromatic rings. The lowest BCUT2D eigenvalue weighted by Gasteiger charge is -2.45. The molecule has 6 heteroatoms. The summed E-state index contributed by atoms with van der Waals surface area (Å²) in [6.45, 7) is 2.40. The van der Waals surface area contributed by atoms with Crippen molar-refractivity contribution >= 4 is 17.5 Å². The predicted molar refractivity (Wildman–Crippen MR) is 108 cm³/mol. The molecule has 3 atom stereocenters. The van der Waals surface area contributed by atoms with Gasteiger partial charge in [-0.3, -0.25) is 9.59 Å². The Morgan fingerprint density at radius 1 is 1.25 bits per heavy atom. The molecule has 1 aromatic carbocycles. The lowest BCUT2D eigenvalue weighted by Crippen LogP contribution is -2.54. The van der Waals surface area contributed by atoms with Crippen LogP contribution >= 0.6 is 0 Å². The Labute approximate surface area is 166 Å². The molecule has 28 heavy (non-hydrogen) atoms. The van der Waals surface area contributed by atoms with Gasteiger partial charge >= 0.3 is 0 Å². The van der Waals surface area contributed by atoms with Crippen LogP contribution in [0.1, 0.15) is 44.1 Å². The largest absolute Gasteiger partial charge is 0.495 e. The van der Waals surface area contributed by atoms with Gasteiger partial charge in [-0.05, 0) is 62.1 Å². The minimum absolute atomic E-state index is 0.0137. The fraction of sp³-hybridized carbons (Fsp3) is 0.636. The van der Waals surface area contributed by atoms with E-state index >= 15 is 0 Å². The molecule has 1 aliphatic heterocycles. The summed E-state index contributed by atoms with van der Waals surface area (Å²) in [6.07, 6.45) is 5.77.